The molecule has 0 saturated carbocycles. The third-order valence-electron chi connectivity index (χ3n) is 4.68. The zero-order valence-corrected chi connectivity index (χ0v) is 18.7. The first-order chi connectivity index (χ1) is 15.2. The molecule has 10 nitrogen and oxygen atoms in total. The highest BCUT2D eigenvalue weighted by molar-refractivity contribution is 6.04. The summed E-state index contributed by atoms with van der Waals surface area (Å²) in [6, 6.07) is 6.83. The van der Waals surface area contributed by atoms with Gasteiger partial charge in [0.1, 0.15) is 12.1 Å². The normalized spacial score (nSPS) is 13.2. The second-order valence-corrected chi connectivity index (χ2v) is 7.45. The van der Waals surface area contributed by atoms with Gasteiger partial charge in [-0.25, -0.2) is 0 Å². The predicted octanol–water partition coefficient (Wildman–Crippen LogP) is 1.26. The SMILES string of the molecule is CC[C@H](N)C(=O)N[C@H](C(=O)N[C@@H](C)C(=O)Nc1cccc2ncccc12)C(C)C.O=CO. The Labute approximate surface area is 187 Å². The number of benzene rings is 1. The van der Waals surface area contributed by atoms with Crippen LogP contribution in [-0.2, 0) is 19.2 Å². The van der Waals surface area contributed by atoms with E-state index in [2.05, 4.69) is 20.9 Å². The molecule has 0 saturated heterocycles. The van der Waals surface area contributed by atoms with Gasteiger partial charge in [0, 0.05) is 11.6 Å². The molecule has 2 rings (SSSR count). The number of rotatable bonds is 8. The second kappa shape index (κ2) is 13.0. The van der Waals surface area contributed by atoms with Crippen molar-refractivity contribution in [3.05, 3.63) is 36.5 Å². The highest BCUT2D eigenvalue weighted by Gasteiger charge is 2.28. The molecule has 1 aromatic heterocycles. The van der Waals surface area contributed by atoms with E-state index in [1.54, 1.807) is 38.2 Å². The van der Waals surface area contributed by atoms with Crippen LogP contribution in [0.15, 0.2) is 36.5 Å². The van der Waals surface area contributed by atoms with Gasteiger partial charge in [0.05, 0.1) is 17.2 Å². The first-order valence-electron chi connectivity index (χ1n) is 10.2. The Morgan fingerprint density at radius 3 is 2.31 bits per heavy atom. The number of pyridine rings is 1. The maximum absolute atomic E-state index is 12.7. The van der Waals surface area contributed by atoms with Crippen molar-refractivity contribution in [1.29, 1.82) is 0 Å². The van der Waals surface area contributed by atoms with E-state index in [4.69, 9.17) is 15.6 Å². The Hall–Kier alpha value is -3.53. The number of carbonyl (C=O) groups excluding carboxylic acids is 3. The minimum atomic E-state index is -0.799. The topological polar surface area (TPSA) is 164 Å². The Morgan fingerprint density at radius 1 is 1.06 bits per heavy atom. The molecule has 1 aromatic carbocycles. The third-order valence-corrected chi connectivity index (χ3v) is 4.68. The second-order valence-electron chi connectivity index (χ2n) is 7.45. The molecule has 2 aromatic rings. The van der Waals surface area contributed by atoms with Gasteiger partial charge in [-0.2, -0.15) is 0 Å². The van der Waals surface area contributed by atoms with Gasteiger partial charge >= 0.3 is 0 Å². The molecular weight excluding hydrogens is 414 g/mol. The number of hydrogen-bond donors (Lipinski definition) is 5. The van der Waals surface area contributed by atoms with E-state index in [1.807, 2.05) is 26.0 Å². The smallest absolute Gasteiger partial charge is 0.290 e. The maximum Gasteiger partial charge on any atom is 0.290 e. The number of fused-ring (bicyclic) bond motifs is 1. The maximum atomic E-state index is 12.7. The fourth-order valence-electron chi connectivity index (χ4n) is 2.80. The lowest BCUT2D eigenvalue weighted by atomic mass is 10.0. The lowest BCUT2D eigenvalue weighted by molar-refractivity contribution is -0.132. The van der Waals surface area contributed by atoms with Gasteiger partial charge in [0.2, 0.25) is 17.7 Å². The lowest BCUT2D eigenvalue weighted by Gasteiger charge is -2.25. The summed E-state index contributed by atoms with van der Waals surface area (Å²) in [4.78, 5) is 50.0. The summed E-state index contributed by atoms with van der Waals surface area (Å²) >= 11 is 0. The van der Waals surface area contributed by atoms with Crippen molar-refractivity contribution in [1.82, 2.24) is 15.6 Å². The molecule has 174 valence electrons. The van der Waals surface area contributed by atoms with Crippen LogP contribution in [0.5, 0.6) is 0 Å². The van der Waals surface area contributed by atoms with Crippen molar-refractivity contribution in [3.63, 3.8) is 0 Å². The highest BCUT2D eigenvalue weighted by atomic mass is 16.3. The molecule has 0 aliphatic heterocycles. The third kappa shape index (κ3) is 7.62. The number of nitrogens with two attached hydrogens (primary N) is 1. The first kappa shape index (κ1) is 26.5. The fraction of sp³-hybridized carbons (Fsp3) is 0.409. The molecule has 0 aliphatic carbocycles. The van der Waals surface area contributed by atoms with Crippen LogP contribution >= 0.6 is 0 Å². The monoisotopic (exact) mass is 445 g/mol. The van der Waals surface area contributed by atoms with Crippen LogP contribution in [0.2, 0.25) is 0 Å². The van der Waals surface area contributed by atoms with Gasteiger partial charge < -0.3 is 26.8 Å². The van der Waals surface area contributed by atoms with Crippen molar-refractivity contribution >= 4 is 40.8 Å². The van der Waals surface area contributed by atoms with Crippen LogP contribution in [0.1, 0.15) is 34.1 Å². The molecule has 0 unspecified atom stereocenters. The van der Waals surface area contributed by atoms with E-state index < -0.39 is 24.0 Å². The van der Waals surface area contributed by atoms with Crippen LogP contribution in [0.25, 0.3) is 10.9 Å². The number of amides is 3. The molecule has 3 atom stereocenters. The van der Waals surface area contributed by atoms with E-state index in [0.29, 0.717) is 12.1 Å². The molecule has 32 heavy (non-hydrogen) atoms. The van der Waals surface area contributed by atoms with Gasteiger partial charge in [-0.3, -0.25) is 24.2 Å². The molecule has 0 spiro atoms. The summed E-state index contributed by atoms with van der Waals surface area (Å²) in [7, 11) is 0. The Morgan fingerprint density at radius 2 is 1.72 bits per heavy atom. The molecule has 0 fully saturated rings. The lowest BCUT2D eigenvalue weighted by Crippen LogP contribution is -2.56. The van der Waals surface area contributed by atoms with Crippen LogP contribution < -0.4 is 21.7 Å². The van der Waals surface area contributed by atoms with E-state index in [-0.39, 0.29) is 24.2 Å². The molecule has 3 amide bonds. The van der Waals surface area contributed by atoms with Crippen molar-refractivity contribution in [2.24, 2.45) is 11.7 Å². The van der Waals surface area contributed by atoms with E-state index in [9.17, 15) is 14.4 Å². The predicted molar refractivity (Wildman–Crippen MR) is 122 cm³/mol. The summed E-state index contributed by atoms with van der Waals surface area (Å²) in [5.41, 5.74) is 7.11. The number of anilines is 1. The fourth-order valence-corrected chi connectivity index (χ4v) is 2.80. The molecule has 0 bridgehead atoms. The van der Waals surface area contributed by atoms with Crippen molar-refractivity contribution in [2.45, 2.75) is 52.2 Å². The highest BCUT2D eigenvalue weighted by Crippen LogP contribution is 2.21. The summed E-state index contributed by atoms with van der Waals surface area (Å²) in [5.74, 6) is -1.35. The molecule has 6 N–H and O–H groups in total. The Bertz CT molecular complexity index is 929. The largest absolute Gasteiger partial charge is 0.483 e. The number of carbonyl (C=O) groups is 4. The van der Waals surface area contributed by atoms with Gasteiger partial charge in [0.25, 0.3) is 6.47 Å². The van der Waals surface area contributed by atoms with Gasteiger partial charge in [0.15, 0.2) is 0 Å². The minimum Gasteiger partial charge on any atom is -0.483 e. The quantitative estimate of drug-likeness (QED) is 0.382. The average Bonchev–Trinajstić information content (AvgIpc) is 2.77. The number of nitrogens with one attached hydrogen (secondary N) is 3. The molecule has 0 aliphatic rings. The standard InChI is InChI=1S/C21H29N5O3.CH2O2/c1-5-15(22)20(28)26-18(12(2)3)21(29)24-13(4)19(27)25-17-10-6-9-16-14(17)8-7-11-23-16;2-1-3/h6-13,15,18H,5,22H2,1-4H3,(H,24,29)(H,25,27)(H,26,28);1H,(H,2,3)/t13-,15-,18-;/m0./s1. The van der Waals surface area contributed by atoms with Crippen LogP contribution in [0.3, 0.4) is 0 Å². The van der Waals surface area contributed by atoms with E-state index in [1.165, 1.54) is 0 Å². The van der Waals surface area contributed by atoms with Crippen molar-refractivity contribution in [3.8, 4) is 0 Å². The van der Waals surface area contributed by atoms with Gasteiger partial charge in [-0.1, -0.05) is 26.8 Å². The van der Waals surface area contributed by atoms with Crippen molar-refractivity contribution < 1.29 is 24.3 Å². The summed E-state index contributed by atoms with van der Waals surface area (Å²) in [5, 5.41) is 15.9. The van der Waals surface area contributed by atoms with E-state index in [0.717, 1.165) is 10.9 Å². The summed E-state index contributed by atoms with van der Waals surface area (Å²) in [6.07, 6.45) is 2.15. The zero-order chi connectivity index (χ0) is 24.3. The summed E-state index contributed by atoms with van der Waals surface area (Å²) < 4.78 is 0. The molecule has 10 heteroatoms. The Balaban J connectivity index is 0.00000161. The van der Waals surface area contributed by atoms with E-state index >= 15 is 0 Å². The number of carboxylic acid groups (broad SMARTS) is 1. The molecule has 0 radical (unpaired) electrons. The number of nitrogens with zero attached hydrogens (tertiary/aromatic N) is 1. The van der Waals surface area contributed by atoms with Crippen LogP contribution in [0, 0.1) is 5.92 Å². The molecular formula is C22H31N5O5. The zero-order valence-electron chi connectivity index (χ0n) is 18.7. The minimum absolute atomic E-state index is 0.164. The van der Waals surface area contributed by atoms with Crippen LogP contribution in [-0.4, -0.2) is 52.4 Å². The first-order valence-corrected chi connectivity index (χ1v) is 10.2. The number of hydrogen-bond acceptors (Lipinski definition) is 6. The van der Waals surface area contributed by atoms with Crippen molar-refractivity contribution in [2.75, 3.05) is 5.32 Å². The van der Waals surface area contributed by atoms with Gasteiger partial charge in [-0.15, -0.1) is 0 Å². The summed E-state index contributed by atoms with van der Waals surface area (Å²) in [6.45, 7) is 6.77. The molecule has 1 heterocycles. The Kier molecular flexibility index (Phi) is 10.8. The average molecular weight is 446 g/mol. The van der Waals surface area contributed by atoms with Gasteiger partial charge in [-0.05, 0) is 43.5 Å². The number of aromatic nitrogens is 1. The van der Waals surface area contributed by atoms with Crippen LogP contribution in [0.4, 0.5) is 5.69 Å².